The average Bonchev–Trinajstić information content (AvgIpc) is 2.48. The summed E-state index contributed by atoms with van der Waals surface area (Å²) in [6.45, 7) is 3.65. The molecule has 0 bridgehead atoms. The van der Waals surface area contributed by atoms with E-state index in [1.165, 1.54) is 10.6 Å². The third-order valence-corrected chi connectivity index (χ3v) is 3.74. The number of hydrogen-bond donors (Lipinski definition) is 2. The summed E-state index contributed by atoms with van der Waals surface area (Å²) in [7, 11) is 0. The molecule has 1 fully saturated rings. The molecule has 1 amide bonds. The van der Waals surface area contributed by atoms with Crippen LogP contribution in [0.4, 0.5) is 0 Å². The van der Waals surface area contributed by atoms with Crippen LogP contribution in [0.3, 0.4) is 0 Å². The smallest absolute Gasteiger partial charge is 0.270 e. The maximum absolute atomic E-state index is 12.4. The number of hydrogen-bond acceptors (Lipinski definition) is 4. The molecule has 1 aliphatic rings. The van der Waals surface area contributed by atoms with Gasteiger partial charge in [-0.15, -0.1) is 12.4 Å². The number of pyridine rings is 1. The van der Waals surface area contributed by atoms with Crippen molar-refractivity contribution >= 4 is 24.0 Å². The van der Waals surface area contributed by atoms with Crippen molar-refractivity contribution < 1.29 is 4.79 Å². The van der Waals surface area contributed by atoms with Crippen molar-refractivity contribution in [3.05, 3.63) is 46.0 Å². The van der Waals surface area contributed by atoms with Crippen molar-refractivity contribution in [2.75, 3.05) is 13.1 Å². The zero-order valence-corrected chi connectivity index (χ0v) is 13.2. The van der Waals surface area contributed by atoms with E-state index in [4.69, 9.17) is 0 Å². The van der Waals surface area contributed by atoms with Gasteiger partial charge in [0.2, 0.25) is 0 Å². The number of amides is 1. The zero-order valence-electron chi connectivity index (χ0n) is 12.3. The number of nitrogens with one attached hydrogen (secondary N) is 2. The third kappa shape index (κ3) is 3.28. The van der Waals surface area contributed by atoms with E-state index in [1.54, 1.807) is 6.20 Å². The highest BCUT2D eigenvalue weighted by Crippen LogP contribution is 2.04. The van der Waals surface area contributed by atoms with Crippen molar-refractivity contribution in [2.24, 2.45) is 0 Å². The fourth-order valence-electron chi connectivity index (χ4n) is 2.57. The monoisotopic (exact) mass is 322 g/mol. The molecule has 0 radical (unpaired) electrons. The summed E-state index contributed by atoms with van der Waals surface area (Å²) in [6, 6.07) is 3.71. The predicted molar refractivity (Wildman–Crippen MR) is 86.8 cm³/mol. The normalized spacial score (nSPS) is 17.8. The van der Waals surface area contributed by atoms with Crippen LogP contribution in [0, 0.1) is 6.92 Å². The molecular formula is C15H19ClN4O2. The summed E-state index contributed by atoms with van der Waals surface area (Å²) < 4.78 is 1.40. The van der Waals surface area contributed by atoms with Gasteiger partial charge in [0, 0.05) is 25.0 Å². The lowest BCUT2D eigenvalue weighted by Gasteiger charge is -2.23. The number of fused-ring (bicyclic) bond motifs is 1. The van der Waals surface area contributed by atoms with Crippen molar-refractivity contribution in [1.29, 1.82) is 0 Å². The van der Waals surface area contributed by atoms with Crippen molar-refractivity contribution in [1.82, 2.24) is 20.0 Å². The SMILES string of the molecule is Cc1ccn2c(=O)c(C(=O)N[C@H]3CCCNC3)cnc2c1.Cl. The van der Waals surface area contributed by atoms with E-state index in [0.29, 0.717) is 5.65 Å². The van der Waals surface area contributed by atoms with Gasteiger partial charge >= 0.3 is 0 Å². The van der Waals surface area contributed by atoms with Crippen LogP contribution in [0.5, 0.6) is 0 Å². The summed E-state index contributed by atoms with van der Waals surface area (Å²) in [4.78, 5) is 28.8. The second kappa shape index (κ2) is 6.89. The number of aryl methyl sites for hydroxylation is 1. The van der Waals surface area contributed by atoms with Crippen molar-refractivity contribution in [3.63, 3.8) is 0 Å². The first-order valence-electron chi connectivity index (χ1n) is 7.15. The van der Waals surface area contributed by atoms with Crippen LogP contribution in [-0.4, -0.2) is 34.4 Å². The molecule has 1 saturated heterocycles. The Morgan fingerprint density at radius 1 is 1.50 bits per heavy atom. The topological polar surface area (TPSA) is 75.5 Å². The van der Waals surface area contributed by atoms with Gasteiger partial charge < -0.3 is 10.6 Å². The highest BCUT2D eigenvalue weighted by molar-refractivity contribution is 5.93. The number of aromatic nitrogens is 2. The van der Waals surface area contributed by atoms with E-state index in [9.17, 15) is 9.59 Å². The van der Waals surface area contributed by atoms with E-state index in [0.717, 1.165) is 31.5 Å². The molecule has 2 aromatic heterocycles. The van der Waals surface area contributed by atoms with Gasteiger partial charge in [0.15, 0.2) is 0 Å². The number of nitrogens with zero attached hydrogens (tertiary/aromatic N) is 2. The van der Waals surface area contributed by atoms with Crippen LogP contribution in [0.1, 0.15) is 28.8 Å². The van der Waals surface area contributed by atoms with Crippen LogP contribution in [0.25, 0.3) is 5.65 Å². The second-order valence-electron chi connectivity index (χ2n) is 5.43. The van der Waals surface area contributed by atoms with E-state index >= 15 is 0 Å². The molecule has 0 spiro atoms. The van der Waals surface area contributed by atoms with Crippen molar-refractivity contribution in [3.8, 4) is 0 Å². The van der Waals surface area contributed by atoms with E-state index in [1.807, 2.05) is 19.1 Å². The molecule has 22 heavy (non-hydrogen) atoms. The standard InChI is InChI=1S/C15H18N4O2.ClH/c1-10-4-6-19-13(7-10)17-9-12(15(19)21)14(20)18-11-3-2-5-16-8-11;/h4,6-7,9,11,16H,2-3,5,8H2,1H3,(H,18,20);1H/t11-;/m0./s1. The number of carbonyl (C=O) groups excluding carboxylic acids is 1. The van der Waals surface area contributed by atoms with Crippen LogP contribution >= 0.6 is 12.4 Å². The molecule has 0 aromatic carbocycles. The second-order valence-corrected chi connectivity index (χ2v) is 5.43. The van der Waals surface area contributed by atoms with Crippen LogP contribution in [0.15, 0.2) is 29.3 Å². The Labute approximate surface area is 134 Å². The molecule has 2 aromatic rings. The van der Waals surface area contributed by atoms with Gasteiger partial charge in [-0.25, -0.2) is 4.98 Å². The van der Waals surface area contributed by atoms with Gasteiger partial charge in [-0.2, -0.15) is 0 Å². The molecule has 1 atom stereocenters. The highest BCUT2D eigenvalue weighted by Gasteiger charge is 2.19. The minimum Gasteiger partial charge on any atom is -0.348 e. The molecule has 3 heterocycles. The molecule has 0 aliphatic carbocycles. The fraction of sp³-hybridized carbons (Fsp3) is 0.400. The summed E-state index contributed by atoms with van der Waals surface area (Å²) >= 11 is 0. The predicted octanol–water partition coefficient (Wildman–Crippen LogP) is 0.907. The molecule has 1 aliphatic heterocycles. The maximum atomic E-state index is 12.4. The molecule has 118 valence electrons. The van der Waals surface area contributed by atoms with E-state index in [-0.39, 0.29) is 35.5 Å². The Balaban J connectivity index is 0.00000176. The zero-order chi connectivity index (χ0) is 14.8. The molecule has 0 saturated carbocycles. The number of rotatable bonds is 2. The lowest BCUT2D eigenvalue weighted by Crippen LogP contribution is -2.46. The largest absolute Gasteiger partial charge is 0.348 e. The van der Waals surface area contributed by atoms with Gasteiger partial charge in [-0.05, 0) is 44.0 Å². The van der Waals surface area contributed by atoms with E-state index in [2.05, 4.69) is 15.6 Å². The molecule has 0 unspecified atom stereocenters. The first-order chi connectivity index (χ1) is 10.1. The average molecular weight is 323 g/mol. The minimum atomic E-state index is -0.351. The van der Waals surface area contributed by atoms with Gasteiger partial charge in [-0.3, -0.25) is 14.0 Å². The first kappa shape index (κ1) is 16.5. The van der Waals surface area contributed by atoms with Crippen LogP contribution < -0.4 is 16.2 Å². The Morgan fingerprint density at radius 2 is 2.32 bits per heavy atom. The summed E-state index contributed by atoms with van der Waals surface area (Å²) in [6.07, 6.45) is 4.97. The fourth-order valence-corrected chi connectivity index (χ4v) is 2.57. The Hall–Kier alpha value is -1.92. The first-order valence-corrected chi connectivity index (χ1v) is 7.15. The number of piperidine rings is 1. The minimum absolute atomic E-state index is 0. The number of carbonyl (C=O) groups is 1. The lowest BCUT2D eigenvalue weighted by molar-refractivity contribution is 0.0928. The maximum Gasteiger partial charge on any atom is 0.270 e. The molecule has 6 nitrogen and oxygen atoms in total. The van der Waals surface area contributed by atoms with Crippen LogP contribution in [0.2, 0.25) is 0 Å². The molecule has 2 N–H and O–H groups in total. The van der Waals surface area contributed by atoms with Gasteiger partial charge in [0.25, 0.3) is 11.5 Å². The van der Waals surface area contributed by atoms with Gasteiger partial charge in [-0.1, -0.05) is 0 Å². The summed E-state index contributed by atoms with van der Waals surface area (Å²) in [5.41, 5.74) is 1.33. The lowest BCUT2D eigenvalue weighted by atomic mass is 10.1. The third-order valence-electron chi connectivity index (χ3n) is 3.74. The van der Waals surface area contributed by atoms with Crippen LogP contribution in [-0.2, 0) is 0 Å². The molecular weight excluding hydrogens is 304 g/mol. The van der Waals surface area contributed by atoms with Gasteiger partial charge in [0.05, 0.1) is 0 Å². The van der Waals surface area contributed by atoms with Crippen molar-refractivity contribution in [2.45, 2.75) is 25.8 Å². The Kier molecular flexibility index (Phi) is 5.15. The van der Waals surface area contributed by atoms with E-state index < -0.39 is 0 Å². The summed E-state index contributed by atoms with van der Waals surface area (Å²) in [5, 5.41) is 6.13. The Bertz CT molecular complexity index is 738. The molecule has 3 rings (SSSR count). The Morgan fingerprint density at radius 3 is 3.05 bits per heavy atom. The molecule has 7 heteroatoms. The quantitative estimate of drug-likeness (QED) is 0.861. The summed E-state index contributed by atoms with van der Waals surface area (Å²) in [5.74, 6) is -0.351. The highest BCUT2D eigenvalue weighted by atomic mass is 35.5. The van der Waals surface area contributed by atoms with Gasteiger partial charge in [0.1, 0.15) is 11.2 Å². The number of halogens is 1.